The fourth-order valence-electron chi connectivity index (χ4n) is 1.98. The Balaban J connectivity index is 2.34. The van der Waals surface area contributed by atoms with Gasteiger partial charge in [-0.05, 0) is 17.0 Å². The number of aromatic nitrogens is 2. The second-order valence-electron chi connectivity index (χ2n) is 5.30. The van der Waals surface area contributed by atoms with Gasteiger partial charge in [0.1, 0.15) is 6.33 Å². The quantitative estimate of drug-likeness (QED) is 0.592. The average Bonchev–Trinajstić information content (AvgIpc) is 2.65. The summed E-state index contributed by atoms with van der Waals surface area (Å²) in [7, 11) is 0. The van der Waals surface area contributed by atoms with Gasteiger partial charge in [-0.15, -0.1) is 11.3 Å². The van der Waals surface area contributed by atoms with Gasteiger partial charge in [0.2, 0.25) is 0 Å². The molecule has 0 aliphatic carbocycles. The smallest absolute Gasteiger partial charge is 0.116 e. The van der Waals surface area contributed by atoms with E-state index in [1.807, 2.05) is 6.20 Å². The van der Waals surface area contributed by atoms with Crippen LogP contribution in [0.3, 0.4) is 0 Å². The van der Waals surface area contributed by atoms with Crippen molar-refractivity contribution in [3.05, 3.63) is 36.3 Å². The molecule has 0 saturated heterocycles. The van der Waals surface area contributed by atoms with E-state index in [1.165, 1.54) is 15.6 Å². The molecule has 0 atom stereocenters. The van der Waals surface area contributed by atoms with E-state index < -0.39 is 0 Å². The molecule has 0 bridgehead atoms. The van der Waals surface area contributed by atoms with Gasteiger partial charge in [-0.3, -0.25) is 0 Å². The van der Waals surface area contributed by atoms with Crippen LogP contribution in [-0.2, 0) is 5.41 Å². The van der Waals surface area contributed by atoms with Gasteiger partial charge < -0.3 is 0 Å². The SMILES string of the molecule is CC(C)(C)c1ccc2c(c1)sc1cncnc12. The summed E-state index contributed by atoms with van der Waals surface area (Å²) >= 11 is 1.77. The van der Waals surface area contributed by atoms with E-state index in [-0.39, 0.29) is 5.41 Å². The van der Waals surface area contributed by atoms with E-state index in [1.54, 1.807) is 17.7 Å². The van der Waals surface area contributed by atoms with E-state index in [4.69, 9.17) is 0 Å². The summed E-state index contributed by atoms with van der Waals surface area (Å²) in [4.78, 5) is 8.44. The van der Waals surface area contributed by atoms with E-state index in [9.17, 15) is 0 Å². The number of hydrogen-bond acceptors (Lipinski definition) is 3. The van der Waals surface area contributed by atoms with Crippen molar-refractivity contribution in [2.45, 2.75) is 26.2 Å². The van der Waals surface area contributed by atoms with Crippen LogP contribution in [0.1, 0.15) is 26.3 Å². The third-order valence-corrected chi connectivity index (χ3v) is 4.08. The molecule has 2 nitrogen and oxygen atoms in total. The van der Waals surface area contributed by atoms with Gasteiger partial charge in [0.25, 0.3) is 0 Å². The van der Waals surface area contributed by atoms with E-state index in [0.29, 0.717) is 0 Å². The highest BCUT2D eigenvalue weighted by atomic mass is 32.1. The molecule has 0 radical (unpaired) electrons. The number of rotatable bonds is 0. The Morgan fingerprint density at radius 2 is 1.94 bits per heavy atom. The molecule has 0 saturated carbocycles. The molecule has 3 aromatic rings. The predicted molar refractivity (Wildman–Crippen MR) is 73.6 cm³/mol. The van der Waals surface area contributed by atoms with Crippen LogP contribution in [-0.4, -0.2) is 9.97 Å². The maximum Gasteiger partial charge on any atom is 0.116 e. The van der Waals surface area contributed by atoms with Crippen LogP contribution in [0.15, 0.2) is 30.7 Å². The summed E-state index contributed by atoms with van der Waals surface area (Å²) in [6.45, 7) is 6.71. The topological polar surface area (TPSA) is 25.8 Å². The highest BCUT2D eigenvalue weighted by Crippen LogP contribution is 2.34. The van der Waals surface area contributed by atoms with Crippen LogP contribution in [0, 0.1) is 0 Å². The fraction of sp³-hybridized carbons (Fsp3) is 0.286. The molecule has 17 heavy (non-hydrogen) atoms. The largest absolute Gasteiger partial charge is 0.243 e. The second-order valence-corrected chi connectivity index (χ2v) is 6.38. The van der Waals surface area contributed by atoms with E-state index >= 15 is 0 Å². The van der Waals surface area contributed by atoms with Crippen LogP contribution >= 0.6 is 11.3 Å². The molecule has 3 heteroatoms. The number of benzene rings is 1. The molecule has 0 spiro atoms. The third-order valence-electron chi connectivity index (χ3n) is 3.00. The van der Waals surface area contributed by atoms with Crippen LogP contribution in [0.25, 0.3) is 20.3 Å². The number of thiophene rings is 1. The summed E-state index contributed by atoms with van der Waals surface area (Å²) in [5.74, 6) is 0. The monoisotopic (exact) mass is 242 g/mol. The molecule has 0 fully saturated rings. The van der Waals surface area contributed by atoms with Crippen molar-refractivity contribution in [3.63, 3.8) is 0 Å². The number of hydrogen-bond donors (Lipinski definition) is 0. The summed E-state index contributed by atoms with van der Waals surface area (Å²) in [6, 6.07) is 6.67. The first-order chi connectivity index (χ1) is 8.05. The van der Waals surface area contributed by atoms with Gasteiger partial charge in [0.15, 0.2) is 0 Å². The van der Waals surface area contributed by atoms with E-state index in [2.05, 4.69) is 48.9 Å². The highest BCUT2D eigenvalue weighted by Gasteiger charge is 2.15. The zero-order valence-electron chi connectivity index (χ0n) is 10.2. The Bertz CT molecular complexity index is 692. The van der Waals surface area contributed by atoms with Gasteiger partial charge >= 0.3 is 0 Å². The molecule has 1 aromatic carbocycles. The van der Waals surface area contributed by atoms with Crippen LogP contribution in [0.4, 0.5) is 0 Å². The lowest BCUT2D eigenvalue weighted by Gasteiger charge is -2.18. The van der Waals surface area contributed by atoms with Crippen molar-refractivity contribution in [3.8, 4) is 0 Å². The second kappa shape index (κ2) is 3.50. The molecule has 2 aromatic heterocycles. The van der Waals surface area contributed by atoms with Crippen molar-refractivity contribution >= 4 is 31.6 Å². The molecule has 86 valence electrons. The van der Waals surface area contributed by atoms with Gasteiger partial charge in [-0.25, -0.2) is 9.97 Å². The molecule has 0 unspecified atom stereocenters. The van der Waals surface area contributed by atoms with Crippen molar-refractivity contribution in [2.24, 2.45) is 0 Å². The van der Waals surface area contributed by atoms with Crippen molar-refractivity contribution in [1.82, 2.24) is 9.97 Å². The molecular weight excluding hydrogens is 228 g/mol. The van der Waals surface area contributed by atoms with Crippen molar-refractivity contribution < 1.29 is 0 Å². The van der Waals surface area contributed by atoms with Gasteiger partial charge in [-0.1, -0.05) is 32.9 Å². The maximum atomic E-state index is 4.36. The Kier molecular flexibility index (Phi) is 2.20. The van der Waals surface area contributed by atoms with Crippen LogP contribution in [0.5, 0.6) is 0 Å². The first kappa shape index (κ1) is 10.7. The third kappa shape index (κ3) is 1.71. The summed E-state index contributed by atoms with van der Waals surface area (Å²) < 4.78 is 2.46. The van der Waals surface area contributed by atoms with Crippen molar-refractivity contribution in [2.75, 3.05) is 0 Å². The Hall–Kier alpha value is -1.48. The first-order valence-corrected chi connectivity index (χ1v) is 6.50. The standard InChI is InChI=1S/C14H14N2S/c1-14(2,3)9-4-5-10-11(6-9)17-12-7-15-8-16-13(10)12/h4-8H,1-3H3. The van der Waals surface area contributed by atoms with Crippen molar-refractivity contribution in [1.29, 1.82) is 0 Å². The molecular formula is C14H14N2S. The van der Waals surface area contributed by atoms with Gasteiger partial charge in [0, 0.05) is 16.3 Å². The molecule has 3 rings (SSSR count). The van der Waals surface area contributed by atoms with Crippen LogP contribution < -0.4 is 0 Å². The lowest BCUT2D eigenvalue weighted by atomic mass is 9.87. The Morgan fingerprint density at radius 1 is 1.12 bits per heavy atom. The maximum absolute atomic E-state index is 4.36. The average molecular weight is 242 g/mol. The lowest BCUT2D eigenvalue weighted by molar-refractivity contribution is 0.591. The Morgan fingerprint density at radius 3 is 2.71 bits per heavy atom. The zero-order chi connectivity index (χ0) is 12.0. The van der Waals surface area contributed by atoms with Gasteiger partial charge in [0.05, 0.1) is 10.2 Å². The Labute approximate surface area is 104 Å². The lowest BCUT2D eigenvalue weighted by Crippen LogP contribution is -2.10. The minimum atomic E-state index is 0.191. The van der Waals surface area contributed by atoms with Gasteiger partial charge in [-0.2, -0.15) is 0 Å². The zero-order valence-corrected chi connectivity index (χ0v) is 11.0. The molecule has 0 aliphatic rings. The summed E-state index contributed by atoms with van der Waals surface area (Å²) in [6.07, 6.45) is 3.51. The molecule has 2 heterocycles. The van der Waals surface area contributed by atoms with E-state index in [0.717, 1.165) is 10.2 Å². The fourth-order valence-corrected chi connectivity index (χ4v) is 3.05. The van der Waals surface area contributed by atoms with Crippen LogP contribution in [0.2, 0.25) is 0 Å². The summed E-state index contributed by atoms with van der Waals surface area (Å²) in [5.41, 5.74) is 2.63. The minimum Gasteiger partial charge on any atom is -0.243 e. The molecule has 0 amide bonds. The molecule has 0 aliphatic heterocycles. The minimum absolute atomic E-state index is 0.191. The first-order valence-electron chi connectivity index (χ1n) is 5.68. The number of fused-ring (bicyclic) bond motifs is 3. The highest BCUT2D eigenvalue weighted by molar-refractivity contribution is 7.25. The predicted octanol–water partition coefficient (Wildman–Crippen LogP) is 4.14. The normalized spacial score (nSPS) is 12.4. The summed E-state index contributed by atoms with van der Waals surface area (Å²) in [5, 5.41) is 1.24. The molecule has 0 N–H and O–H groups in total. The number of nitrogens with zero attached hydrogens (tertiary/aromatic N) is 2.